The Hall–Kier alpha value is -3.20. The lowest BCUT2D eigenvalue weighted by Gasteiger charge is -2.13. The lowest BCUT2D eigenvalue weighted by molar-refractivity contribution is -0.384. The van der Waals surface area contributed by atoms with E-state index in [-0.39, 0.29) is 17.1 Å². The van der Waals surface area contributed by atoms with Gasteiger partial charge in [-0.25, -0.2) is 4.79 Å². The monoisotopic (exact) mass is 376 g/mol. The summed E-state index contributed by atoms with van der Waals surface area (Å²) in [6.07, 6.45) is 1.66. The Morgan fingerprint density at radius 2 is 2.12 bits per heavy atom. The summed E-state index contributed by atoms with van der Waals surface area (Å²) in [5, 5.41) is 15.4. The number of benzene rings is 1. The molecule has 1 heterocycles. The largest absolute Gasteiger partial charge is 0.496 e. The summed E-state index contributed by atoms with van der Waals surface area (Å²) >= 11 is 1.45. The highest BCUT2D eigenvalue weighted by molar-refractivity contribution is 7.10. The summed E-state index contributed by atoms with van der Waals surface area (Å²) in [5.74, 6) is -1.09. The van der Waals surface area contributed by atoms with Gasteiger partial charge in [-0.2, -0.15) is 0 Å². The van der Waals surface area contributed by atoms with Gasteiger partial charge < -0.3 is 14.8 Å². The average Bonchev–Trinajstić information content (AvgIpc) is 3.13. The molecule has 1 amide bonds. The number of nitro groups is 1. The summed E-state index contributed by atoms with van der Waals surface area (Å²) in [6.45, 7) is 1.38. The van der Waals surface area contributed by atoms with Gasteiger partial charge in [-0.1, -0.05) is 6.07 Å². The third-order valence-corrected chi connectivity index (χ3v) is 4.09. The number of anilines is 1. The van der Waals surface area contributed by atoms with Crippen LogP contribution in [0.2, 0.25) is 0 Å². The normalized spacial score (nSPS) is 11.8. The van der Waals surface area contributed by atoms with Crippen molar-refractivity contribution in [2.24, 2.45) is 0 Å². The minimum absolute atomic E-state index is 0.0159. The van der Waals surface area contributed by atoms with Crippen molar-refractivity contribution >= 4 is 40.7 Å². The molecule has 0 spiro atoms. The van der Waals surface area contributed by atoms with E-state index in [1.54, 1.807) is 6.08 Å². The van der Waals surface area contributed by atoms with Gasteiger partial charge in [0.15, 0.2) is 6.10 Å². The maximum atomic E-state index is 12.1. The van der Waals surface area contributed by atoms with E-state index in [4.69, 9.17) is 9.47 Å². The van der Waals surface area contributed by atoms with Crippen molar-refractivity contribution in [3.8, 4) is 5.75 Å². The first kappa shape index (κ1) is 19.1. The second-order valence-corrected chi connectivity index (χ2v) is 6.04. The molecule has 26 heavy (non-hydrogen) atoms. The van der Waals surface area contributed by atoms with E-state index in [9.17, 15) is 19.7 Å². The number of carbonyl (C=O) groups excluding carboxylic acids is 2. The van der Waals surface area contributed by atoms with E-state index in [1.165, 1.54) is 49.6 Å². The Morgan fingerprint density at radius 1 is 1.35 bits per heavy atom. The number of amides is 1. The Morgan fingerprint density at radius 3 is 2.73 bits per heavy atom. The summed E-state index contributed by atoms with van der Waals surface area (Å²) in [6, 6.07) is 7.68. The predicted molar refractivity (Wildman–Crippen MR) is 97.2 cm³/mol. The van der Waals surface area contributed by atoms with Gasteiger partial charge in [0, 0.05) is 11.0 Å². The van der Waals surface area contributed by atoms with Crippen molar-refractivity contribution in [2.45, 2.75) is 13.0 Å². The molecule has 0 fully saturated rings. The number of rotatable bonds is 7. The van der Waals surface area contributed by atoms with Gasteiger partial charge >= 0.3 is 5.97 Å². The number of ether oxygens (including phenoxy) is 2. The zero-order valence-electron chi connectivity index (χ0n) is 14.0. The quantitative estimate of drug-likeness (QED) is 0.344. The zero-order chi connectivity index (χ0) is 19.1. The third kappa shape index (κ3) is 5.15. The highest BCUT2D eigenvalue weighted by atomic mass is 32.1. The molecule has 2 rings (SSSR count). The zero-order valence-corrected chi connectivity index (χ0v) is 14.8. The molecule has 0 aliphatic heterocycles. The lowest BCUT2D eigenvalue weighted by atomic mass is 10.2. The third-order valence-electron chi connectivity index (χ3n) is 3.25. The molecule has 1 aromatic heterocycles. The van der Waals surface area contributed by atoms with E-state index >= 15 is 0 Å². The molecule has 1 atom stereocenters. The van der Waals surface area contributed by atoms with Crippen molar-refractivity contribution in [3.05, 3.63) is 56.8 Å². The van der Waals surface area contributed by atoms with Crippen molar-refractivity contribution in [3.63, 3.8) is 0 Å². The van der Waals surface area contributed by atoms with Crippen LogP contribution in [0.5, 0.6) is 5.75 Å². The maximum absolute atomic E-state index is 12.1. The fourth-order valence-electron chi connectivity index (χ4n) is 1.93. The minimum Gasteiger partial charge on any atom is -0.496 e. The number of thiophene rings is 1. The molecule has 0 saturated heterocycles. The molecule has 1 aromatic carbocycles. The second-order valence-electron chi connectivity index (χ2n) is 5.06. The number of nitro benzene ring substituents is 1. The van der Waals surface area contributed by atoms with Crippen molar-refractivity contribution in [1.29, 1.82) is 0 Å². The van der Waals surface area contributed by atoms with Crippen molar-refractivity contribution in [2.75, 3.05) is 12.4 Å². The van der Waals surface area contributed by atoms with Crippen LogP contribution in [-0.2, 0) is 14.3 Å². The molecular formula is C17H16N2O6S. The summed E-state index contributed by atoms with van der Waals surface area (Å²) in [7, 11) is 1.38. The highest BCUT2D eigenvalue weighted by Gasteiger charge is 2.22. The first-order valence-corrected chi connectivity index (χ1v) is 8.34. The minimum atomic E-state index is -1.13. The van der Waals surface area contributed by atoms with Crippen LogP contribution in [-0.4, -0.2) is 30.0 Å². The Labute approximate surface area is 153 Å². The molecule has 0 radical (unpaired) electrons. The number of carbonyl (C=O) groups is 2. The molecule has 1 N–H and O–H groups in total. The Balaban J connectivity index is 2.00. The summed E-state index contributed by atoms with van der Waals surface area (Å²) < 4.78 is 9.93. The molecule has 136 valence electrons. The van der Waals surface area contributed by atoms with Gasteiger partial charge in [-0.05, 0) is 36.6 Å². The molecule has 8 nitrogen and oxygen atoms in total. The molecule has 0 aliphatic carbocycles. The number of nitrogens with one attached hydrogen (secondary N) is 1. The van der Waals surface area contributed by atoms with Crippen LogP contribution >= 0.6 is 11.3 Å². The van der Waals surface area contributed by atoms with Crippen molar-refractivity contribution in [1.82, 2.24) is 0 Å². The first-order chi connectivity index (χ1) is 12.4. The van der Waals surface area contributed by atoms with Gasteiger partial charge in [-0.15, -0.1) is 11.3 Å². The summed E-state index contributed by atoms with van der Waals surface area (Å²) in [5.41, 5.74) is -0.341. The van der Waals surface area contributed by atoms with Crippen LogP contribution in [0.1, 0.15) is 11.8 Å². The Bertz CT molecular complexity index is 832. The van der Waals surface area contributed by atoms with E-state index < -0.39 is 22.9 Å². The molecular weight excluding hydrogens is 360 g/mol. The number of hydrogen-bond donors (Lipinski definition) is 1. The van der Waals surface area contributed by atoms with Crippen LogP contribution in [0.3, 0.4) is 0 Å². The maximum Gasteiger partial charge on any atom is 0.331 e. The molecule has 0 saturated carbocycles. The van der Waals surface area contributed by atoms with Crippen LogP contribution in [0.15, 0.2) is 41.8 Å². The topological polar surface area (TPSA) is 108 Å². The number of esters is 1. The van der Waals surface area contributed by atoms with Crippen LogP contribution in [0.4, 0.5) is 11.4 Å². The number of nitrogens with zero attached hydrogens (tertiary/aromatic N) is 1. The van der Waals surface area contributed by atoms with Gasteiger partial charge in [0.05, 0.1) is 18.1 Å². The summed E-state index contributed by atoms with van der Waals surface area (Å²) in [4.78, 5) is 35.3. The second kappa shape index (κ2) is 8.77. The van der Waals surface area contributed by atoms with E-state index in [0.29, 0.717) is 0 Å². The first-order valence-electron chi connectivity index (χ1n) is 7.46. The lowest BCUT2D eigenvalue weighted by Crippen LogP contribution is -2.29. The SMILES string of the molecule is COc1ccc(NC(=O)[C@@H](C)OC(=O)/C=C/c2cccs2)c([N+](=O)[O-])c1. The van der Waals surface area contributed by atoms with Gasteiger partial charge in [0.25, 0.3) is 11.6 Å². The number of hydrogen-bond acceptors (Lipinski definition) is 7. The standard InChI is InChI=1S/C17H16N2O6S/c1-11(25-16(20)8-6-13-4-3-9-26-13)17(21)18-14-7-5-12(24-2)10-15(14)19(22)23/h3-11H,1-2H3,(H,18,21)/b8-6+/t11-/m1/s1. The van der Waals surface area contributed by atoms with Gasteiger partial charge in [-0.3, -0.25) is 14.9 Å². The van der Waals surface area contributed by atoms with E-state index in [1.807, 2.05) is 17.5 Å². The predicted octanol–water partition coefficient (Wildman–Crippen LogP) is 3.25. The fourth-order valence-corrected chi connectivity index (χ4v) is 2.55. The van der Waals surface area contributed by atoms with Crippen LogP contribution in [0.25, 0.3) is 6.08 Å². The van der Waals surface area contributed by atoms with Gasteiger partial charge in [0.1, 0.15) is 11.4 Å². The molecule has 9 heteroatoms. The van der Waals surface area contributed by atoms with E-state index in [2.05, 4.69) is 5.32 Å². The molecule has 0 unspecified atom stereocenters. The van der Waals surface area contributed by atoms with Crippen LogP contribution < -0.4 is 10.1 Å². The molecule has 0 bridgehead atoms. The fraction of sp³-hybridized carbons (Fsp3) is 0.176. The number of methoxy groups -OCH3 is 1. The van der Waals surface area contributed by atoms with E-state index in [0.717, 1.165) is 4.88 Å². The molecule has 2 aromatic rings. The van der Waals surface area contributed by atoms with Crippen molar-refractivity contribution < 1.29 is 24.0 Å². The van der Waals surface area contributed by atoms with Gasteiger partial charge in [0.2, 0.25) is 0 Å². The average molecular weight is 376 g/mol. The molecule has 0 aliphatic rings. The smallest absolute Gasteiger partial charge is 0.331 e. The highest BCUT2D eigenvalue weighted by Crippen LogP contribution is 2.29. The van der Waals surface area contributed by atoms with Crippen LogP contribution in [0, 0.1) is 10.1 Å². The Kier molecular flexibility index (Phi) is 6.45.